The van der Waals surface area contributed by atoms with Gasteiger partial charge in [0.05, 0.1) is 0 Å². The predicted molar refractivity (Wildman–Crippen MR) is 92.3 cm³/mol. The summed E-state index contributed by atoms with van der Waals surface area (Å²) in [5.41, 5.74) is 1.10. The summed E-state index contributed by atoms with van der Waals surface area (Å²) in [6, 6.07) is 10.3. The third-order valence-electron chi connectivity index (χ3n) is 4.91. The summed E-state index contributed by atoms with van der Waals surface area (Å²) in [6.07, 6.45) is 2.21. The highest BCUT2D eigenvalue weighted by Crippen LogP contribution is 2.23. The smallest absolute Gasteiger partial charge is 0.242 e. The molecule has 2 N–H and O–H groups in total. The van der Waals surface area contributed by atoms with Gasteiger partial charge >= 0.3 is 0 Å². The molecular weight excluding hydrogens is 288 g/mol. The lowest BCUT2D eigenvalue weighted by atomic mass is 10.0. The van der Waals surface area contributed by atoms with Crippen molar-refractivity contribution in [1.29, 1.82) is 0 Å². The minimum absolute atomic E-state index is 0.148. The van der Waals surface area contributed by atoms with Gasteiger partial charge in [-0.2, -0.15) is 0 Å². The van der Waals surface area contributed by atoms with Gasteiger partial charge < -0.3 is 15.5 Å². The molecule has 3 rings (SSSR count). The van der Waals surface area contributed by atoms with E-state index in [-0.39, 0.29) is 18.0 Å². The zero-order valence-corrected chi connectivity index (χ0v) is 14.0. The number of piperidine rings is 1. The molecule has 0 spiro atoms. The topological polar surface area (TPSA) is 47.6 Å². The van der Waals surface area contributed by atoms with Crippen molar-refractivity contribution in [3.8, 4) is 0 Å². The molecule has 0 radical (unpaired) electrons. The van der Waals surface area contributed by atoms with E-state index in [2.05, 4.69) is 39.6 Å². The Bertz CT molecular complexity index is 493. The van der Waals surface area contributed by atoms with Crippen LogP contribution in [0.1, 0.15) is 24.4 Å². The molecule has 2 atom stereocenters. The van der Waals surface area contributed by atoms with E-state index in [4.69, 9.17) is 0 Å². The van der Waals surface area contributed by atoms with Crippen molar-refractivity contribution in [1.82, 2.24) is 20.4 Å². The first-order valence-electron chi connectivity index (χ1n) is 8.72. The summed E-state index contributed by atoms with van der Waals surface area (Å²) >= 11 is 0. The van der Waals surface area contributed by atoms with E-state index in [0.29, 0.717) is 0 Å². The Morgan fingerprint density at radius 2 is 1.96 bits per heavy atom. The van der Waals surface area contributed by atoms with Gasteiger partial charge in [-0.25, -0.2) is 0 Å². The minimum Gasteiger partial charge on any atom is -0.350 e. The number of carbonyl (C=O) groups excluding carboxylic acids is 1. The van der Waals surface area contributed by atoms with E-state index >= 15 is 0 Å². The van der Waals surface area contributed by atoms with Gasteiger partial charge in [-0.05, 0) is 32.0 Å². The largest absolute Gasteiger partial charge is 0.350 e. The Morgan fingerprint density at radius 1 is 1.22 bits per heavy atom. The SMILES string of the molecule is CN1CCN(C(C(=O)N[C@H]2CCCNC2)c2ccccc2)CC1. The van der Waals surface area contributed by atoms with Gasteiger partial charge in [0, 0.05) is 38.8 Å². The standard InChI is InChI=1S/C18H28N4O/c1-21-10-12-22(13-11-21)17(15-6-3-2-4-7-15)18(23)20-16-8-5-9-19-14-16/h2-4,6-7,16-17,19H,5,8-14H2,1H3,(H,20,23)/t16-,17?/m0/s1. The van der Waals surface area contributed by atoms with E-state index in [1.54, 1.807) is 0 Å². The molecule has 2 fully saturated rings. The number of amides is 1. The van der Waals surface area contributed by atoms with Gasteiger partial charge in [-0.3, -0.25) is 9.69 Å². The van der Waals surface area contributed by atoms with Gasteiger partial charge in [0.2, 0.25) is 5.91 Å². The fraction of sp³-hybridized carbons (Fsp3) is 0.611. The van der Waals surface area contributed by atoms with E-state index in [1.165, 1.54) is 0 Å². The van der Waals surface area contributed by atoms with E-state index in [1.807, 2.05) is 18.2 Å². The molecular formula is C18H28N4O. The predicted octanol–water partition coefficient (Wildman–Crippen LogP) is 0.843. The van der Waals surface area contributed by atoms with Crippen LogP contribution in [0.3, 0.4) is 0 Å². The zero-order valence-electron chi connectivity index (χ0n) is 14.0. The molecule has 23 heavy (non-hydrogen) atoms. The first-order valence-corrected chi connectivity index (χ1v) is 8.72. The maximum absolute atomic E-state index is 13.0. The van der Waals surface area contributed by atoms with Crippen LogP contribution in [0.25, 0.3) is 0 Å². The molecule has 0 aliphatic carbocycles. The Hall–Kier alpha value is -1.43. The fourth-order valence-electron chi connectivity index (χ4n) is 3.50. The Balaban J connectivity index is 1.73. The molecule has 1 unspecified atom stereocenters. The van der Waals surface area contributed by atoms with Crippen molar-refractivity contribution >= 4 is 5.91 Å². The van der Waals surface area contributed by atoms with Crippen molar-refractivity contribution in [2.45, 2.75) is 24.9 Å². The number of rotatable bonds is 4. The van der Waals surface area contributed by atoms with Crippen molar-refractivity contribution in [3.63, 3.8) is 0 Å². The summed E-state index contributed by atoms with van der Waals surface area (Å²) in [5, 5.41) is 6.64. The highest BCUT2D eigenvalue weighted by molar-refractivity contribution is 5.83. The van der Waals surface area contributed by atoms with Crippen LogP contribution in [0.15, 0.2) is 30.3 Å². The molecule has 2 aliphatic heterocycles. The summed E-state index contributed by atoms with van der Waals surface area (Å²) in [6.45, 7) is 5.85. The quantitative estimate of drug-likeness (QED) is 0.864. The average Bonchev–Trinajstić information content (AvgIpc) is 2.59. The van der Waals surface area contributed by atoms with Crippen LogP contribution in [0.4, 0.5) is 0 Å². The zero-order chi connectivity index (χ0) is 16.1. The lowest BCUT2D eigenvalue weighted by molar-refractivity contribution is -0.128. The molecule has 0 aromatic heterocycles. The number of hydrogen-bond acceptors (Lipinski definition) is 4. The van der Waals surface area contributed by atoms with Crippen LogP contribution in [0.2, 0.25) is 0 Å². The maximum Gasteiger partial charge on any atom is 0.242 e. The van der Waals surface area contributed by atoms with Crippen LogP contribution in [-0.2, 0) is 4.79 Å². The lowest BCUT2D eigenvalue weighted by Crippen LogP contribution is -2.53. The molecule has 2 saturated heterocycles. The molecule has 1 aromatic carbocycles. The number of benzene rings is 1. The Kier molecular flexibility index (Phi) is 5.65. The van der Waals surface area contributed by atoms with Crippen molar-refractivity contribution in [3.05, 3.63) is 35.9 Å². The van der Waals surface area contributed by atoms with Crippen LogP contribution >= 0.6 is 0 Å². The number of piperazine rings is 1. The first kappa shape index (κ1) is 16.4. The summed E-state index contributed by atoms with van der Waals surface area (Å²) in [5.74, 6) is 0.148. The number of likely N-dealkylation sites (N-methyl/N-ethyl adjacent to an activating group) is 1. The Labute approximate surface area is 139 Å². The second-order valence-corrected chi connectivity index (χ2v) is 6.70. The van der Waals surface area contributed by atoms with Crippen molar-refractivity contribution < 1.29 is 4.79 Å². The number of carbonyl (C=O) groups is 1. The fourth-order valence-corrected chi connectivity index (χ4v) is 3.50. The van der Waals surface area contributed by atoms with Crippen molar-refractivity contribution in [2.24, 2.45) is 0 Å². The van der Waals surface area contributed by atoms with E-state index in [0.717, 1.165) is 57.7 Å². The van der Waals surface area contributed by atoms with Gasteiger partial charge in [0.15, 0.2) is 0 Å². The van der Waals surface area contributed by atoms with Gasteiger partial charge in [-0.1, -0.05) is 30.3 Å². The van der Waals surface area contributed by atoms with Crippen LogP contribution in [0, 0.1) is 0 Å². The highest BCUT2D eigenvalue weighted by Gasteiger charge is 2.31. The van der Waals surface area contributed by atoms with Crippen LogP contribution in [0.5, 0.6) is 0 Å². The molecule has 5 heteroatoms. The highest BCUT2D eigenvalue weighted by atomic mass is 16.2. The second-order valence-electron chi connectivity index (χ2n) is 6.70. The van der Waals surface area contributed by atoms with Gasteiger partial charge in [0.25, 0.3) is 0 Å². The number of nitrogens with zero attached hydrogens (tertiary/aromatic N) is 2. The third-order valence-corrected chi connectivity index (χ3v) is 4.91. The molecule has 0 bridgehead atoms. The summed E-state index contributed by atoms with van der Waals surface area (Å²) < 4.78 is 0. The monoisotopic (exact) mass is 316 g/mol. The van der Waals surface area contributed by atoms with Gasteiger partial charge in [0.1, 0.15) is 6.04 Å². The maximum atomic E-state index is 13.0. The molecule has 0 saturated carbocycles. The molecule has 1 aromatic rings. The third kappa shape index (κ3) is 4.31. The Morgan fingerprint density at radius 3 is 2.61 bits per heavy atom. The minimum atomic E-state index is -0.174. The average molecular weight is 316 g/mol. The lowest BCUT2D eigenvalue weighted by Gasteiger charge is -2.38. The normalized spacial score (nSPS) is 25.0. The second kappa shape index (κ2) is 7.90. The number of hydrogen-bond donors (Lipinski definition) is 2. The number of nitrogens with one attached hydrogen (secondary N) is 2. The van der Waals surface area contributed by atoms with Gasteiger partial charge in [-0.15, -0.1) is 0 Å². The van der Waals surface area contributed by atoms with E-state index in [9.17, 15) is 4.79 Å². The summed E-state index contributed by atoms with van der Waals surface area (Å²) in [7, 11) is 2.14. The van der Waals surface area contributed by atoms with Crippen molar-refractivity contribution in [2.75, 3.05) is 46.3 Å². The summed E-state index contributed by atoms with van der Waals surface area (Å²) in [4.78, 5) is 17.6. The first-order chi connectivity index (χ1) is 11.2. The van der Waals surface area contributed by atoms with Crippen LogP contribution < -0.4 is 10.6 Å². The van der Waals surface area contributed by atoms with Crippen LogP contribution in [-0.4, -0.2) is 68.1 Å². The molecule has 2 aliphatic rings. The molecule has 126 valence electrons. The van der Waals surface area contributed by atoms with E-state index < -0.39 is 0 Å². The molecule has 2 heterocycles. The molecule has 1 amide bonds. The molecule has 5 nitrogen and oxygen atoms in total.